The summed E-state index contributed by atoms with van der Waals surface area (Å²) in [6.45, 7) is 7.75. The van der Waals surface area contributed by atoms with Crippen molar-refractivity contribution >= 4 is 0 Å². The van der Waals surface area contributed by atoms with E-state index in [1.165, 1.54) is 57.8 Å². The van der Waals surface area contributed by atoms with Gasteiger partial charge in [0.2, 0.25) is 0 Å². The minimum absolute atomic E-state index is 0.590. The molecule has 0 spiro atoms. The van der Waals surface area contributed by atoms with Crippen LogP contribution in [0.1, 0.15) is 85.0 Å². The van der Waals surface area contributed by atoms with E-state index in [-0.39, 0.29) is 0 Å². The van der Waals surface area contributed by atoms with Gasteiger partial charge in [-0.15, -0.1) is 0 Å². The maximum absolute atomic E-state index is 2.67. The zero-order chi connectivity index (χ0) is 14.7. The van der Waals surface area contributed by atoms with Crippen LogP contribution < -0.4 is 0 Å². The first kappa shape index (κ1) is 14.3. The Hall–Kier alpha value is -0.260. The number of fused-ring (bicyclic) bond motifs is 5. The highest BCUT2D eigenvalue weighted by Gasteiger charge is 2.57. The van der Waals surface area contributed by atoms with E-state index in [0.717, 1.165) is 23.7 Å². The number of hydrogen-bond acceptors (Lipinski definition) is 0. The summed E-state index contributed by atoms with van der Waals surface area (Å²) < 4.78 is 0. The molecule has 6 unspecified atom stereocenters. The summed E-state index contributed by atoms with van der Waals surface area (Å²) in [5.74, 6) is 4.16. The minimum atomic E-state index is 0.590. The number of rotatable bonds is 1. The smallest absolute Gasteiger partial charge is 0.00853 e. The second-order valence-corrected chi connectivity index (χ2v) is 9.18. The molecular weight excluding hydrogens is 252 g/mol. The third-order valence-corrected chi connectivity index (χ3v) is 8.72. The Kier molecular flexibility index (Phi) is 3.32. The van der Waals surface area contributed by atoms with Crippen LogP contribution in [-0.4, -0.2) is 0 Å². The van der Waals surface area contributed by atoms with E-state index in [1.54, 1.807) is 6.42 Å². The number of allylic oxidation sites excluding steroid dienone is 2. The quantitative estimate of drug-likeness (QED) is 0.492. The van der Waals surface area contributed by atoms with Crippen molar-refractivity contribution in [3.8, 4) is 0 Å². The third-order valence-electron chi connectivity index (χ3n) is 8.72. The highest BCUT2D eigenvalue weighted by molar-refractivity contribution is 5.23. The van der Waals surface area contributed by atoms with Crippen LogP contribution in [0.4, 0.5) is 0 Å². The summed E-state index contributed by atoms with van der Waals surface area (Å²) in [5, 5.41) is 0. The molecule has 0 aromatic rings. The summed E-state index contributed by atoms with van der Waals surface area (Å²) in [4.78, 5) is 0. The summed E-state index contributed by atoms with van der Waals surface area (Å²) in [6.07, 6.45) is 17.4. The first-order valence-corrected chi connectivity index (χ1v) is 9.79. The Morgan fingerprint density at radius 3 is 2.71 bits per heavy atom. The normalized spacial score (nSPS) is 52.6. The monoisotopic (exact) mass is 286 g/mol. The highest BCUT2D eigenvalue weighted by Crippen LogP contribution is 2.67. The van der Waals surface area contributed by atoms with E-state index in [9.17, 15) is 0 Å². The maximum Gasteiger partial charge on any atom is -0.00853 e. The molecule has 0 saturated heterocycles. The molecule has 0 N–H and O–H groups in total. The lowest BCUT2D eigenvalue weighted by atomic mass is 9.47. The molecule has 0 amide bonds. The van der Waals surface area contributed by atoms with Crippen molar-refractivity contribution in [3.63, 3.8) is 0 Å². The Morgan fingerprint density at radius 1 is 1.05 bits per heavy atom. The Bertz CT molecular complexity index is 447. The predicted molar refractivity (Wildman–Crippen MR) is 90.1 cm³/mol. The summed E-state index contributed by atoms with van der Waals surface area (Å²) in [5.41, 5.74) is 3.15. The molecular formula is C21H34. The van der Waals surface area contributed by atoms with Crippen LogP contribution in [0.5, 0.6) is 0 Å². The van der Waals surface area contributed by atoms with Crippen molar-refractivity contribution in [1.29, 1.82) is 0 Å². The van der Waals surface area contributed by atoms with Gasteiger partial charge in [-0.25, -0.2) is 0 Å². The molecule has 0 radical (unpaired) electrons. The molecule has 0 aromatic heterocycles. The summed E-state index contributed by atoms with van der Waals surface area (Å²) in [7, 11) is 0. The van der Waals surface area contributed by atoms with Crippen molar-refractivity contribution in [2.75, 3.05) is 0 Å². The number of hydrogen-bond donors (Lipinski definition) is 0. The van der Waals surface area contributed by atoms with Crippen LogP contribution in [0, 0.1) is 34.5 Å². The molecule has 4 aliphatic carbocycles. The fraction of sp³-hybridized carbons (Fsp3) is 0.905. The molecule has 0 aliphatic heterocycles. The van der Waals surface area contributed by atoms with Crippen molar-refractivity contribution < 1.29 is 0 Å². The van der Waals surface area contributed by atoms with Crippen LogP contribution in [-0.2, 0) is 0 Å². The van der Waals surface area contributed by atoms with Gasteiger partial charge in [-0.3, -0.25) is 0 Å². The van der Waals surface area contributed by atoms with Crippen molar-refractivity contribution in [2.45, 2.75) is 85.0 Å². The Labute approximate surface area is 131 Å². The molecule has 3 saturated carbocycles. The van der Waals surface area contributed by atoms with Crippen LogP contribution >= 0.6 is 0 Å². The SMILES string of the molecule is CCC1CCC2C3CCC4=CCCCC4(C)C3CCC12C. The van der Waals surface area contributed by atoms with Crippen LogP contribution in [0.3, 0.4) is 0 Å². The van der Waals surface area contributed by atoms with E-state index in [1.807, 2.05) is 5.57 Å². The molecule has 4 aliphatic rings. The molecule has 3 fully saturated rings. The maximum atomic E-state index is 2.67. The zero-order valence-electron chi connectivity index (χ0n) is 14.5. The van der Waals surface area contributed by atoms with E-state index >= 15 is 0 Å². The molecule has 21 heavy (non-hydrogen) atoms. The van der Waals surface area contributed by atoms with Gasteiger partial charge in [0.1, 0.15) is 0 Å². The van der Waals surface area contributed by atoms with Crippen LogP contribution in [0.15, 0.2) is 11.6 Å². The molecule has 4 rings (SSSR count). The van der Waals surface area contributed by atoms with Crippen molar-refractivity contribution in [3.05, 3.63) is 11.6 Å². The largest absolute Gasteiger partial charge is 0.0848 e. The summed E-state index contributed by atoms with van der Waals surface area (Å²) >= 11 is 0. The average Bonchev–Trinajstić information content (AvgIpc) is 2.83. The van der Waals surface area contributed by atoms with Gasteiger partial charge in [-0.2, -0.15) is 0 Å². The third kappa shape index (κ3) is 1.86. The molecule has 0 bridgehead atoms. The molecule has 0 heterocycles. The second kappa shape index (κ2) is 4.87. The fourth-order valence-corrected chi connectivity index (χ4v) is 7.53. The van der Waals surface area contributed by atoms with E-state index in [2.05, 4.69) is 26.8 Å². The molecule has 0 nitrogen and oxygen atoms in total. The van der Waals surface area contributed by atoms with Gasteiger partial charge in [0, 0.05) is 0 Å². The van der Waals surface area contributed by atoms with Gasteiger partial charge in [0.25, 0.3) is 0 Å². The molecule has 118 valence electrons. The standard InChI is InChI=1S/C21H34/c1-4-15-9-11-18-17-10-8-16-7-5-6-13-20(16,2)19(17)12-14-21(15,18)3/h7,15,17-19H,4-6,8-14H2,1-3H3. The minimum Gasteiger partial charge on any atom is -0.0848 e. The average molecular weight is 287 g/mol. The lowest BCUT2D eigenvalue weighted by Crippen LogP contribution is -2.50. The van der Waals surface area contributed by atoms with E-state index < -0.39 is 0 Å². The molecule has 0 heteroatoms. The Balaban J connectivity index is 1.66. The van der Waals surface area contributed by atoms with Crippen LogP contribution in [0.2, 0.25) is 0 Å². The summed E-state index contributed by atoms with van der Waals surface area (Å²) in [6, 6.07) is 0. The molecule has 6 atom stereocenters. The van der Waals surface area contributed by atoms with Crippen molar-refractivity contribution in [2.24, 2.45) is 34.5 Å². The van der Waals surface area contributed by atoms with Gasteiger partial charge in [0.15, 0.2) is 0 Å². The van der Waals surface area contributed by atoms with E-state index in [4.69, 9.17) is 0 Å². The topological polar surface area (TPSA) is 0 Å². The van der Waals surface area contributed by atoms with Crippen LogP contribution in [0.25, 0.3) is 0 Å². The molecule has 0 aromatic carbocycles. The fourth-order valence-electron chi connectivity index (χ4n) is 7.53. The van der Waals surface area contributed by atoms with Gasteiger partial charge < -0.3 is 0 Å². The van der Waals surface area contributed by atoms with Gasteiger partial charge in [0.05, 0.1) is 0 Å². The van der Waals surface area contributed by atoms with Crippen molar-refractivity contribution in [1.82, 2.24) is 0 Å². The predicted octanol–water partition coefficient (Wildman–Crippen LogP) is 6.37. The lowest BCUT2D eigenvalue weighted by molar-refractivity contribution is -0.0515. The lowest BCUT2D eigenvalue weighted by Gasteiger charge is -2.58. The first-order chi connectivity index (χ1) is 10.1. The zero-order valence-corrected chi connectivity index (χ0v) is 14.5. The Morgan fingerprint density at radius 2 is 1.90 bits per heavy atom. The second-order valence-electron chi connectivity index (χ2n) is 9.18. The first-order valence-electron chi connectivity index (χ1n) is 9.79. The van der Waals surface area contributed by atoms with E-state index in [0.29, 0.717) is 10.8 Å². The van der Waals surface area contributed by atoms with Gasteiger partial charge >= 0.3 is 0 Å². The highest BCUT2D eigenvalue weighted by atomic mass is 14.6. The van der Waals surface area contributed by atoms with Gasteiger partial charge in [-0.05, 0) is 92.3 Å². The van der Waals surface area contributed by atoms with Gasteiger partial charge in [-0.1, -0.05) is 38.8 Å².